The highest BCUT2D eigenvalue weighted by Gasteiger charge is 2.07. The summed E-state index contributed by atoms with van der Waals surface area (Å²) in [5.41, 5.74) is 0.927. The van der Waals surface area contributed by atoms with Crippen LogP contribution in [0.2, 0.25) is 0 Å². The molecule has 16 heavy (non-hydrogen) atoms. The molecule has 0 fully saturated rings. The van der Waals surface area contributed by atoms with E-state index in [9.17, 15) is 4.91 Å². The number of benzene rings is 2. The van der Waals surface area contributed by atoms with Gasteiger partial charge < -0.3 is 4.74 Å². The Kier molecular flexibility index (Phi) is 2.86. The summed E-state index contributed by atoms with van der Waals surface area (Å²) in [7, 11) is 1.65. The monoisotopic (exact) mass is 215 g/mol. The Morgan fingerprint density at radius 1 is 1.25 bits per heavy atom. The minimum absolute atomic E-state index is 0.310. The van der Waals surface area contributed by atoms with Gasteiger partial charge in [-0.3, -0.25) is 0 Å². The lowest BCUT2D eigenvalue weighted by Crippen LogP contribution is -1.89. The van der Waals surface area contributed by atoms with Crippen molar-refractivity contribution in [1.82, 2.24) is 0 Å². The van der Waals surface area contributed by atoms with Crippen molar-refractivity contribution in [2.45, 2.75) is 13.0 Å². The van der Waals surface area contributed by atoms with Crippen LogP contribution in [-0.4, -0.2) is 7.11 Å². The maximum absolute atomic E-state index is 10.5. The van der Waals surface area contributed by atoms with E-state index in [-0.39, 0.29) is 6.04 Å². The second kappa shape index (κ2) is 4.31. The molecule has 0 heterocycles. The maximum Gasteiger partial charge on any atom is 0.126 e. The molecule has 0 aromatic heterocycles. The molecule has 0 radical (unpaired) electrons. The zero-order valence-electron chi connectivity index (χ0n) is 9.31. The first-order valence-corrected chi connectivity index (χ1v) is 5.15. The van der Waals surface area contributed by atoms with E-state index in [0.29, 0.717) is 0 Å². The quantitative estimate of drug-likeness (QED) is 0.732. The fourth-order valence-electron chi connectivity index (χ4n) is 1.77. The van der Waals surface area contributed by atoms with E-state index < -0.39 is 0 Å². The van der Waals surface area contributed by atoms with E-state index in [0.717, 1.165) is 22.1 Å². The third kappa shape index (κ3) is 1.76. The van der Waals surface area contributed by atoms with Crippen LogP contribution in [0.5, 0.6) is 5.75 Å². The summed E-state index contributed by atoms with van der Waals surface area (Å²) in [6.45, 7) is 1.79. The molecule has 82 valence electrons. The number of rotatable bonds is 3. The number of nitrogens with zero attached hydrogens (tertiary/aromatic N) is 1. The maximum atomic E-state index is 10.5. The molecule has 0 spiro atoms. The summed E-state index contributed by atoms with van der Waals surface area (Å²) in [6, 6.07) is 11.4. The molecule has 0 N–H and O–H groups in total. The minimum Gasteiger partial charge on any atom is -0.496 e. The second-order valence-electron chi connectivity index (χ2n) is 3.72. The number of nitroso groups, excluding NO2 is 1. The molecule has 0 amide bonds. The van der Waals surface area contributed by atoms with Crippen molar-refractivity contribution < 1.29 is 4.74 Å². The molecule has 2 aromatic rings. The van der Waals surface area contributed by atoms with Crippen molar-refractivity contribution >= 4 is 10.8 Å². The third-order valence-electron chi connectivity index (χ3n) is 2.72. The van der Waals surface area contributed by atoms with E-state index in [1.54, 1.807) is 14.0 Å². The topological polar surface area (TPSA) is 38.7 Å². The Morgan fingerprint density at radius 2 is 2.06 bits per heavy atom. The van der Waals surface area contributed by atoms with Gasteiger partial charge in [-0.2, -0.15) is 4.91 Å². The molecule has 0 aliphatic rings. The van der Waals surface area contributed by atoms with Gasteiger partial charge in [0.2, 0.25) is 0 Å². The fraction of sp³-hybridized carbons (Fsp3) is 0.231. The van der Waals surface area contributed by atoms with Crippen molar-refractivity contribution in [3.05, 3.63) is 46.9 Å². The van der Waals surface area contributed by atoms with Gasteiger partial charge in [-0.05, 0) is 30.0 Å². The van der Waals surface area contributed by atoms with Gasteiger partial charge >= 0.3 is 0 Å². The van der Waals surface area contributed by atoms with Crippen LogP contribution in [0.1, 0.15) is 18.5 Å². The molecule has 3 nitrogen and oxygen atoms in total. The van der Waals surface area contributed by atoms with Crippen molar-refractivity contribution in [2.24, 2.45) is 5.18 Å². The highest BCUT2D eigenvalue weighted by atomic mass is 16.5. The van der Waals surface area contributed by atoms with E-state index in [1.807, 2.05) is 36.4 Å². The zero-order valence-corrected chi connectivity index (χ0v) is 9.31. The standard InChI is InChI=1S/C13H13NO2/c1-9(14-15)10-6-7-12-11(8-10)4-3-5-13(12)16-2/h3-9H,1-2H3. The van der Waals surface area contributed by atoms with Crippen LogP contribution in [0.15, 0.2) is 41.6 Å². The van der Waals surface area contributed by atoms with Gasteiger partial charge in [0.15, 0.2) is 0 Å². The number of methoxy groups -OCH3 is 1. The average Bonchev–Trinajstić information content (AvgIpc) is 2.36. The molecule has 2 aromatic carbocycles. The van der Waals surface area contributed by atoms with Gasteiger partial charge in [-0.25, -0.2) is 0 Å². The molecule has 1 atom stereocenters. The molecular weight excluding hydrogens is 202 g/mol. The van der Waals surface area contributed by atoms with E-state index in [1.165, 1.54) is 0 Å². The Bertz CT molecular complexity index is 522. The van der Waals surface area contributed by atoms with Crippen LogP contribution in [-0.2, 0) is 0 Å². The molecule has 0 saturated heterocycles. The van der Waals surface area contributed by atoms with Gasteiger partial charge in [0.25, 0.3) is 0 Å². The Morgan fingerprint density at radius 3 is 2.75 bits per heavy atom. The summed E-state index contributed by atoms with van der Waals surface area (Å²) in [4.78, 5) is 10.5. The third-order valence-corrected chi connectivity index (χ3v) is 2.72. The van der Waals surface area contributed by atoms with Crippen molar-refractivity contribution in [3.63, 3.8) is 0 Å². The van der Waals surface area contributed by atoms with Gasteiger partial charge in [0.05, 0.1) is 7.11 Å². The molecule has 1 unspecified atom stereocenters. The van der Waals surface area contributed by atoms with E-state index >= 15 is 0 Å². The van der Waals surface area contributed by atoms with Crippen LogP contribution < -0.4 is 4.74 Å². The average molecular weight is 215 g/mol. The SMILES string of the molecule is COc1cccc2cc(C(C)N=O)ccc12. The Labute approximate surface area is 94.0 Å². The largest absolute Gasteiger partial charge is 0.496 e. The molecule has 0 aliphatic heterocycles. The van der Waals surface area contributed by atoms with Crippen LogP contribution in [0.25, 0.3) is 10.8 Å². The molecular formula is C13H13NO2. The second-order valence-corrected chi connectivity index (χ2v) is 3.72. The Balaban J connectivity index is 2.59. The van der Waals surface area contributed by atoms with Gasteiger partial charge in [0.1, 0.15) is 11.8 Å². The summed E-state index contributed by atoms with van der Waals surface area (Å²) in [5, 5.41) is 5.14. The smallest absolute Gasteiger partial charge is 0.126 e. The summed E-state index contributed by atoms with van der Waals surface area (Å²) in [5.74, 6) is 0.843. The molecule has 3 heteroatoms. The highest BCUT2D eigenvalue weighted by molar-refractivity contribution is 5.88. The van der Waals surface area contributed by atoms with Crippen LogP contribution in [0.4, 0.5) is 0 Å². The predicted molar refractivity (Wildman–Crippen MR) is 64.7 cm³/mol. The number of hydrogen-bond donors (Lipinski definition) is 0. The van der Waals surface area contributed by atoms with Gasteiger partial charge in [-0.15, -0.1) is 0 Å². The molecule has 0 aliphatic carbocycles. The lowest BCUT2D eigenvalue weighted by atomic mass is 10.0. The van der Waals surface area contributed by atoms with E-state index in [4.69, 9.17) is 4.74 Å². The summed E-state index contributed by atoms with van der Waals surface area (Å²) >= 11 is 0. The van der Waals surface area contributed by atoms with Crippen molar-refractivity contribution in [2.75, 3.05) is 7.11 Å². The molecule has 2 rings (SSSR count). The number of hydrogen-bond acceptors (Lipinski definition) is 3. The number of fused-ring (bicyclic) bond motifs is 1. The first-order chi connectivity index (χ1) is 7.76. The van der Waals surface area contributed by atoms with E-state index in [2.05, 4.69) is 5.18 Å². The first kappa shape index (κ1) is 10.6. The fourth-order valence-corrected chi connectivity index (χ4v) is 1.77. The zero-order chi connectivity index (χ0) is 11.5. The Hall–Kier alpha value is -1.90. The lowest BCUT2D eigenvalue weighted by Gasteiger charge is -2.08. The van der Waals surface area contributed by atoms with Gasteiger partial charge in [0, 0.05) is 5.39 Å². The predicted octanol–water partition coefficient (Wildman–Crippen LogP) is 3.68. The van der Waals surface area contributed by atoms with Crippen LogP contribution >= 0.6 is 0 Å². The summed E-state index contributed by atoms with van der Waals surface area (Å²) < 4.78 is 5.27. The first-order valence-electron chi connectivity index (χ1n) is 5.15. The lowest BCUT2D eigenvalue weighted by molar-refractivity contribution is 0.420. The molecule has 0 bridgehead atoms. The van der Waals surface area contributed by atoms with Gasteiger partial charge in [-0.1, -0.05) is 29.4 Å². The van der Waals surface area contributed by atoms with Crippen molar-refractivity contribution in [3.8, 4) is 5.75 Å². The normalized spacial score (nSPS) is 12.4. The number of ether oxygens (including phenoxy) is 1. The van der Waals surface area contributed by atoms with Crippen molar-refractivity contribution in [1.29, 1.82) is 0 Å². The van der Waals surface area contributed by atoms with Crippen LogP contribution in [0, 0.1) is 4.91 Å². The molecule has 0 saturated carbocycles. The summed E-state index contributed by atoms with van der Waals surface area (Å²) in [6.07, 6.45) is 0. The highest BCUT2D eigenvalue weighted by Crippen LogP contribution is 2.28. The van der Waals surface area contributed by atoms with Crippen LogP contribution in [0.3, 0.4) is 0 Å². The minimum atomic E-state index is -0.310.